The van der Waals surface area contributed by atoms with Crippen molar-refractivity contribution in [3.63, 3.8) is 0 Å². The third-order valence-corrected chi connectivity index (χ3v) is 6.97. The number of amides is 1. The predicted octanol–water partition coefficient (Wildman–Crippen LogP) is 2.74. The van der Waals surface area contributed by atoms with E-state index in [-0.39, 0.29) is 17.4 Å². The van der Waals surface area contributed by atoms with Crippen molar-refractivity contribution in [1.82, 2.24) is 9.55 Å². The number of carbonyl (C=O) groups is 1. The Balaban J connectivity index is 2.07. The predicted molar refractivity (Wildman–Crippen MR) is 120 cm³/mol. The molecular weight excluding hydrogens is 418 g/mol. The molecule has 0 spiro atoms. The van der Waals surface area contributed by atoms with E-state index in [0.29, 0.717) is 39.0 Å². The molecule has 8 nitrogen and oxygen atoms in total. The number of fused-ring (bicyclic) bond motifs is 2. The minimum atomic E-state index is -2.80. The maximum Gasteiger partial charge on any atom is 0.274 e. The normalized spacial score (nSPS) is 16.5. The van der Waals surface area contributed by atoms with Gasteiger partial charge in [-0.05, 0) is 43.5 Å². The second-order valence-corrected chi connectivity index (χ2v) is 10.3. The van der Waals surface area contributed by atoms with Gasteiger partial charge in [0.25, 0.3) is 11.5 Å². The maximum absolute atomic E-state index is 12.6. The highest BCUT2D eigenvalue weighted by Gasteiger charge is 2.35. The molecule has 2 aromatic heterocycles. The molecule has 1 amide bonds. The fourth-order valence-corrected chi connectivity index (χ4v) is 4.15. The topological polar surface area (TPSA) is 110 Å². The first-order valence-corrected chi connectivity index (χ1v) is 11.2. The number of nitrogens with one attached hydrogen (secondary N) is 2. The van der Waals surface area contributed by atoms with Gasteiger partial charge in [0.1, 0.15) is 16.2 Å². The number of ether oxygens (including phenoxy) is 1. The second-order valence-electron chi connectivity index (χ2n) is 8.71. The molecule has 0 aliphatic carbocycles. The lowest BCUT2D eigenvalue weighted by atomic mass is 9.92. The van der Waals surface area contributed by atoms with Gasteiger partial charge in [-0.3, -0.25) is 9.59 Å². The Kier molecular flexibility index (Phi) is 4.96. The SMILES string of the molecule is CC(C)C1Oc2c(cc(C(C)(C)[SH](=O)=O)cc2-c2cn(C)c(=O)c3[nH]ccc23)NC1=O. The average Bonchev–Trinajstić information content (AvgIpc) is 3.19. The van der Waals surface area contributed by atoms with E-state index in [4.69, 9.17) is 4.74 Å². The van der Waals surface area contributed by atoms with Crippen LogP contribution >= 0.6 is 0 Å². The highest BCUT2D eigenvalue weighted by atomic mass is 32.2. The number of carbonyl (C=O) groups excluding carboxylic acids is 1. The molecular formula is C22H25N3O5S. The molecule has 4 rings (SSSR count). The maximum atomic E-state index is 12.6. The summed E-state index contributed by atoms with van der Waals surface area (Å²) in [5.74, 6) is 0.114. The largest absolute Gasteiger partial charge is 0.477 e. The molecule has 0 saturated carbocycles. The minimum absolute atomic E-state index is 0.0688. The quantitative estimate of drug-likeness (QED) is 0.537. The summed E-state index contributed by atoms with van der Waals surface area (Å²) in [6.45, 7) is 7.01. The first kappa shape index (κ1) is 21.2. The van der Waals surface area contributed by atoms with E-state index in [1.165, 1.54) is 4.57 Å². The third-order valence-electron chi connectivity index (χ3n) is 5.80. The van der Waals surface area contributed by atoms with Gasteiger partial charge in [-0.25, -0.2) is 8.42 Å². The summed E-state index contributed by atoms with van der Waals surface area (Å²) in [7, 11) is -1.14. The van der Waals surface area contributed by atoms with Crippen molar-refractivity contribution in [3.8, 4) is 16.9 Å². The van der Waals surface area contributed by atoms with Crippen molar-refractivity contribution in [3.05, 3.63) is 46.5 Å². The van der Waals surface area contributed by atoms with Crippen molar-refractivity contribution in [2.24, 2.45) is 13.0 Å². The monoisotopic (exact) mass is 443 g/mol. The van der Waals surface area contributed by atoms with Gasteiger partial charge in [-0.1, -0.05) is 13.8 Å². The van der Waals surface area contributed by atoms with E-state index >= 15 is 0 Å². The summed E-state index contributed by atoms with van der Waals surface area (Å²) in [6.07, 6.45) is 2.70. The molecule has 31 heavy (non-hydrogen) atoms. The molecule has 1 atom stereocenters. The van der Waals surface area contributed by atoms with Gasteiger partial charge in [-0.2, -0.15) is 0 Å². The van der Waals surface area contributed by atoms with Gasteiger partial charge in [0.05, 0.1) is 10.4 Å². The van der Waals surface area contributed by atoms with Crippen LogP contribution in [0.2, 0.25) is 0 Å². The van der Waals surface area contributed by atoms with Gasteiger partial charge in [0, 0.05) is 36.0 Å². The fraction of sp³-hybridized carbons (Fsp3) is 0.364. The number of nitrogens with zero attached hydrogens (tertiary/aromatic N) is 1. The Bertz CT molecular complexity index is 1340. The van der Waals surface area contributed by atoms with E-state index in [2.05, 4.69) is 10.3 Å². The van der Waals surface area contributed by atoms with Crippen molar-refractivity contribution in [1.29, 1.82) is 0 Å². The number of aromatic nitrogens is 2. The highest BCUT2D eigenvalue weighted by Crippen LogP contribution is 2.45. The second kappa shape index (κ2) is 7.26. The standard InChI is InChI=1S/C22H25N3O5S/c1-11(2)18-20(26)24-16-9-12(22(3,4)31(28)29)8-14(19(16)30-18)15-10-25(5)21(27)17-13(15)6-7-23-17/h6-11,18,23,31H,1-5H3,(H,24,26). The van der Waals surface area contributed by atoms with Gasteiger partial charge in [0.15, 0.2) is 11.9 Å². The Morgan fingerprint density at radius 1 is 1.16 bits per heavy atom. The van der Waals surface area contributed by atoms with E-state index in [1.54, 1.807) is 51.5 Å². The highest BCUT2D eigenvalue weighted by molar-refractivity contribution is 7.73. The summed E-state index contributed by atoms with van der Waals surface area (Å²) in [5, 5.41) is 3.57. The number of hydrogen-bond donors (Lipinski definition) is 3. The van der Waals surface area contributed by atoms with Gasteiger partial charge in [0.2, 0.25) is 0 Å². The lowest BCUT2D eigenvalue weighted by Gasteiger charge is -2.31. The minimum Gasteiger partial charge on any atom is -0.477 e. The van der Waals surface area contributed by atoms with Gasteiger partial charge >= 0.3 is 0 Å². The van der Waals surface area contributed by atoms with Crippen molar-refractivity contribution < 1.29 is 17.9 Å². The molecule has 1 aliphatic heterocycles. The number of aryl methyl sites for hydroxylation is 1. The number of hydrogen-bond acceptors (Lipinski definition) is 5. The molecule has 164 valence electrons. The van der Waals surface area contributed by atoms with Crippen molar-refractivity contribution in [2.75, 3.05) is 5.32 Å². The molecule has 1 unspecified atom stereocenters. The number of anilines is 1. The Labute approximate surface area is 181 Å². The lowest BCUT2D eigenvalue weighted by Crippen LogP contribution is -2.41. The first-order chi connectivity index (χ1) is 14.5. The molecule has 0 fully saturated rings. The van der Waals surface area contributed by atoms with Crippen LogP contribution in [0.3, 0.4) is 0 Å². The number of H-pyrrole nitrogens is 1. The molecule has 1 aromatic carbocycles. The number of rotatable bonds is 4. The summed E-state index contributed by atoms with van der Waals surface area (Å²) in [5.41, 5.74) is 2.51. The van der Waals surface area contributed by atoms with Crippen LogP contribution < -0.4 is 15.6 Å². The summed E-state index contributed by atoms with van der Waals surface area (Å²) < 4.78 is 30.4. The Morgan fingerprint density at radius 2 is 1.87 bits per heavy atom. The summed E-state index contributed by atoms with van der Waals surface area (Å²) in [4.78, 5) is 28.1. The van der Waals surface area contributed by atoms with Gasteiger partial charge in [-0.15, -0.1) is 0 Å². The molecule has 0 saturated heterocycles. The lowest BCUT2D eigenvalue weighted by molar-refractivity contribution is -0.125. The number of thiol groups is 1. The summed E-state index contributed by atoms with van der Waals surface area (Å²) in [6, 6.07) is 5.21. The molecule has 9 heteroatoms. The van der Waals surface area contributed by atoms with Crippen LogP contribution in [0.15, 0.2) is 35.4 Å². The smallest absolute Gasteiger partial charge is 0.274 e. The number of aromatic amines is 1. The van der Waals surface area contributed by atoms with Crippen LogP contribution in [0.25, 0.3) is 22.0 Å². The van der Waals surface area contributed by atoms with Crippen molar-refractivity contribution >= 4 is 33.2 Å². The number of benzene rings is 1. The van der Waals surface area contributed by atoms with Crippen molar-refractivity contribution in [2.45, 2.75) is 38.5 Å². The van der Waals surface area contributed by atoms with Gasteiger partial charge < -0.3 is 19.6 Å². The van der Waals surface area contributed by atoms with E-state index in [9.17, 15) is 18.0 Å². The zero-order valence-electron chi connectivity index (χ0n) is 18.0. The van der Waals surface area contributed by atoms with E-state index in [0.717, 1.165) is 0 Å². The molecule has 1 aliphatic rings. The third kappa shape index (κ3) is 3.33. The van der Waals surface area contributed by atoms with E-state index < -0.39 is 21.6 Å². The Hall–Kier alpha value is -3.07. The Morgan fingerprint density at radius 3 is 2.52 bits per heavy atom. The van der Waals surface area contributed by atoms with Crippen LogP contribution in [0.1, 0.15) is 33.3 Å². The zero-order valence-corrected chi connectivity index (χ0v) is 18.9. The zero-order chi connectivity index (χ0) is 22.7. The van der Waals surface area contributed by atoms with Crippen LogP contribution in [-0.4, -0.2) is 30.0 Å². The van der Waals surface area contributed by atoms with Crippen LogP contribution in [-0.2, 0) is 27.3 Å². The summed E-state index contributed by atoms with van der Waals surface area (Å²) >= 11 is 0. The molecule has 2 N–H and O–H groups in total. The van der Waals surface area contributed by atoms with Crippen LogP contribution in [0.4, 0.5) is 5.69 Å². The number of pyridine rings is 1. The molecule has 0 bridgehead atoms. The van der Waals surface area contributed by atoms with Crippen LogP contribution in [0.5, 0.6) is 5.75 Å². The fourth-order valence-electron chi connectivity index (χ4n) is 3.81. The molecule has 0 radical (unpaired) electrons. The first-order valence-electron chi connectivity index (χ1n) is 10.00. The van der Waals surface area contributed by atoms with E-state index in [1.807, 2.05) is 13.8 Å². The van der Waals surface area contributed by atoms with Crippen LogP contribution in [0, 0.1) is 5.92 Å². The average molecular weight is 444 g/mol. The molecule has 3 heterocycles. The molecule has 3 aromatic rings.